The van der Waals surface area contributed by atoms with Gasteiger partial charge < -0.3 is 24.5 Å². The predicted octanol–water partition coefficient (Wildman–Crippen LogP) is 5.20. The molecule has 0 aliphatic carbocycles. The van der Waals surface area contributed by atoms with Crippen LogP contribution in [0.3, 0.4) is 0 Å². The smallest absolute Gasteiger partial charge is 0.329 e. The summed E-state index contributed by atoms with van der Waals surface area (Å²) in [5.74, 6) is -0.258. The maximum Gasteiger partial charge on any atom is 0.329 e. The number of benzene rings is 3. The highest BCUT2D eigenvalue weighted by atomic mass is 16.5. The van der Waals surface area contributed by atoms with Gasteiger partial charge in [-0.25, -0.2) is 9.59 Å². The lowest BCUT2D eigenvalue weighted by atomic mass is 9.99. The summed E-state index contributed by atoms with van der Waals surface area (Å²) in [4.78, 5) is 46.8. The molecule has 2 aliphatic heterocycles. The Morgan fingerprint density at radius 1 is 0.875 bits per heavy atom. The number of carboxylic acids is 1. The summed E-state index contributed by atoms with van der Waals surface area (Å²) in [6.07, 6.45) is 1.11. The van der Waals surface area contributed by atoms with Crippen LogP contribution < -0.4 is 9.64 Å². The number of carbonyl (C=O) groups excluding carboxylic acids is 2. The number of nitrogens with zero attached hydrogens (tertiary/aromatic N) is 4. The summed E-state index contributed by atoms with van der Waals surface area (Å²) in [6.45, 7) is 0.673. The van der Waals surface area contributed by atoms with Crippen molar-refractivity contribution in [1.29, 1.82) is 0 Å². The second-order valence-corrected chi connectivity index (χ2v) is 10.3. The molecule has 1 N–H and O–H groups in total. The molecule has 5 rings (SSSR count). The van der Waals surface area contributed by atoms with Crippen molar-refractivity contribution < 1.29 is 24.2 Å². The van der Waals surface area contributed by atoms with Crippen molar-refractivity contribution in [2.45, 2.75) is 43.9 Å². The Kier molecular flexibility index (Phi) is 7.91. The molecule has 0 spiro atoms. The number of urea groups is 2. The molecule has 0 aromatic heterocycles. The van der Waals surface area contributed by atoms with E-state index < -0.39 is 18.1 Å². The van der Waals surface area contributed by atoms with Crippen LogP contribution in [0.2, 0.25) is 0 Å². The van der Waals surface area contributed by atoms with E-state index in [1.54, 1.807) is 28.9 Å². The first-order chi connectivity index (χ1) is 19.4. The number of para-hydroxylation sites is 2. The van der Waals surface area contributed by atoms with Crippen molar-refractivity contribution in [1.82, 2.24) is 14.7 Å². The van der Waals surface area contributed by atoms with Crippen molar-refractivity contribution in [3.05, 3.63) is 90.5 Å². The number of likely N-dealkylation sites (tertiary alicyclic amines) is 1. The van der Waals surface area contributed by atoms with Crippen LogP contribution in [0.5, 0.6) is 5.75 Å². The van der Waals surface area contributed by atoms with Crippen LogP contribution in [-0.2, 0) is 11.3 Å². The Morgan fingerprint density at radius 3 is 2.02 bits per heavy atom. The SMILES string of the molecule is COc1ccc(CN(C)C(=O)N2[C@H]3CC[C@@H]2[C@@H](CC(=O)O)N(C(=O)N(c2ccccc2)c2ccccc2)C3)cc1. The standard InChI is InChI=1S/C31H34N4O5/c1-32(20-22-13-16-26(40-2)17-14-22)30(38)35-25-15-18-27(35)28(19-29(36)37)33(21-25)31(39)34(23-9-5-3-6-10-23)24-11-7-4-8-12-24/h3-14,16-17,25,27-28H,15,18-21H2,1-2H3,(H,36,37)/t25-,27+,28+/m0/s1. The Balaban J connectivity index is 1.41. The van der Waals surface area contributed by atoms with Crippen molar-refractivity contribution in [2.75, 3.05) is 25.6 Å². The number of rotatable bonds is 7. The van der Waals surface area contributed by atoms with Gasteiger partial charge in [0.05, 0.1) is 43.0 Å². The van der Waals surface area contributed by atoms with Gasteiger partial charge in [0.1, 0.15) is 5.75 Å². The topological polar surface area (TPSA) is 93.6 Å². The summed E-state index contributed by atoms with van der Waals surface area (Å²) < 4.78 is 5.23. The molecular weight excluding hydrogens is 508 g/mol. The zero-order valence-corrected chi connectivity index (χ0v) is 22.7. The van der Waals surface area contributed by atoms with Gasteiger partial charge in [-0.15, -0.1) is 0 Å². The highest BCUT2D eigenvalue weighted by Crippen LogP contribution is 2.38. The van der Waals surface area contributed by atoms with Crippen LogP contribution in [0.1, 0.15) is 24.8 Å². The lowest BCUT2D eigenvalue weighted by Gasteiger charge is -2.48. The van der Waals surface area contributed by atoms with E-state index in [0.717, 1.165) is 11.3 Å². The van der Waals surface area contributed by atoms with Crippen molar-refractivity contribution in [2.24, 2.45) is 0 Å². The fourth-order valence-corrected chi connectivity index (χ4v) is 5.90. The van der Waals surface area contributed by atoms with E-state index >= 15 is 0 Å². The van der Waals surface area contributed by atoms with Crippen LogP contribution in [0.25, 0.3) is 0 Å². The quantitative estimate of drug-likeness (QED) is 0.443. The average molecular weight is 543 g/mol. The minimum Gasteiger partial charge on any atom is -0.497 e. The lowest BCUT2D eigenvalue weighted by Crippen LogP contribution is -2.65. The van der Waals surface area contributed by atoms with Gasteiger partial charge >= 0.3 is 18.0 Å². The fraction of sp³-hybridized carbons (Fsp3) is 0.323. The van der Waals surface area contributed by atoms with Gasteiger partial charge in [-0.1, -0.05) is 48.5 Å². The van der Waals surface area contributed by atoms with Crippen LogP contribution in [0.15, 0.2) is 84.9 Å². The van der Waals surface area contributed by atoms with Gasteiger partial charge in [-0.05, 0) is 54.8 Å². The number of ether oxygens (including phenoxy) is 1. The molecule has 9 heteroatoms. The highest BCUT2D eigenvalue weighted by Gasteiger charge is 2.51. The molecule has 40 heavy (non-hydrogen) atoms. The molecule has 208 valence electrons. The first-order valence-corrected chi connectivity index (χ1v) is 13.5. The number of piperazine rings is 1. The van der Waals surface area contributed by atoms with Crippen molar-refractivity contribution in [3.63, 3.8) is 0 Å². The molecule has 2 saturated heterocycles. The van der Waals surface area contributed by atoms with Gasteiger partial charge in [0, 0.05) is 20.1 Å². The summed E-state index contributed by atoms with van der Waals surface area (Å²) in [5, 5.41) is 9.86. The summed E-state index contributed by atoms with van der Waals surface area (Å²) in [6, 6.07) is 24.5. The zero-order chi connectivity index (χ0) is 28.2. The third kappa shape index (κ3) is 5.45. The minimum absolute atomic E-state index is 0.159. The molecule has 2 heterocycles. The molecule has 2 bridgehead atoms. The number of amides is 4. The molecule has 3 aromatic carbocycles. The monoisotopic (exact) mass is 542 g/mol. The highest BCUT2D eigenvalue weighted by molar-refractivity contribution is 6.00. The number of carboxylic acid groups (broad SMARTS) is 1. The number of aliphatic carboxylic acids is 1. The van der Waals surface area contributed by atoms with Crippen molar-refractivity contribution >= 4 is 29.4 Å². The largest absolute Gasteiger partial charge is 0.497 e. The second kappa shape index (κ2) is 11.7. The van der Waals surface area contributed by atoms with Crippen LogP contribution in [0.4, 0.5) is 21.0 Å². The molecule has 0 saturated carbocycles. The maximum absolute atomic E-state index is 14.2. The van der Waals surface area contributed by atoms with Crippen LogP contribution >= 0.6 is 0 Å². The first-order valence-electron chi connectivity index (χ1n) is 13.5. The Hall–Kier alpha value is -4.53. The number of hydrogen-bond acceptors (Lipinski definition) is 4. The van der Waals surface area contributed by atoms with Gasteiger partial charge in [-0.2, -0.15) is 0 Å². The summed E-state index contributed by atoms with van der Waals surface area (Å²) in [5.41, 5.74) is 2.34. The van der Waals surface area contributed by atoms with E-state index in [1.807, 2.05) is 89.8 Å². The summed E-state index contributed by atoms with van der Waals surface area (Å²) >= 11 is 0. The number of hydrogen-bond donors (Lipinski definition) is 1. The van der Waals surface area contributed by atoms with Gasteiger partial charge in [-0.3, -0.25) is 9.69 Å². The molecule has 9 nitrogen and oxygen atoms in total. The van der Waals surface area contributed by atoms with E-state index in [9.17, 15) is 19.5 Å². The predicted molar refractivity (Wildman–Crippen MR) is 152 cm³/mol. The Bertz CT molecular complexity index is 1300. The zero-order valence-electron chi connectivity index (χ0n) is 22.7. The van der Waals surface area contributed by atoms with E-state index in [0.29, 0.717) is 30.8 Å². The molecule has 3 atom stereocenters. The molecule has 2 aliphatic rings. The summed E-state index contributed by atoms with van der Waals surface area (Å²) in [7, 11) is 3.36. The first kappa shape index (κ1) is 27.1. The van der Waals surface area contributed by atoms with Gasteiger partial charge in [0.15, 0.2) is 0 Å². The number of anilines is 2. The van der Waals surface area contributed by atoms with Gasteiger partial charge in [0.25, 0.3) is 0 Å². The normalized spacial score (nSPS) is 19.7. The molecule has 3 aromatic rings. The number of methoxy groups -OCH3 is 1. The van der Waals surface area contributed by atoms with Crippen LogP contribution in [-0.4, -0.2) is 76.7 Å². The molecule has 0 radical (unpaired) electrons. The van der Waals surface area contributed by atoms with E-state index in [4.69, 9.17) is 4.74 Å². The van der Waals surface area contributed by atoms with E-state index in [1.165, 1.54) is 0 Å². The van der Waals surface area contributed by atoms with E-state index in [2.05, 4.69) is 0 Å². The molecule has 4 amide bonds. The Labute approximate surface area is 234 Å². The van der Waals surface area contributed by atoms with Crippen molar-refractivity contribution in [3.8, 4) is 5.75 Å². The third-order valence-corrected chi connectivity index (χ3v) is 7.77. The molecule has 2 fully saturated rings. The lowest BCUT2D eigenvalue weighted by molar-refractivity contribution is -0.139. The average Bonchev–Trinajstić information content (AvgIpc) is 3.30. The second-order valence-electron chi connectivity index (χ2n) is 10.3. The van der Waals surface area contributed by atoms with Gasteiger partial charge in [0.2, 0.25) is 0 Å². The van der Waals surface area contributed by atoms with Crippen LogP contribution in [0, 0.1) is 0 Å². The molecule has 0 unspecified atom stereocenters. The third-order valence-electron chi connectivity index (χ3n) is 7.77. The molecular formula is C31H34N4O5. The maximum atomic E-state index is 14.2. The number of carbonyl (C=O) groups is 3. The van der Waals surface area contributed by atoms with E-state index in [-0.39, 0.29) is 31.1 Å². The fourth-order valence-electron chi connectivity index (χ4n) is 5.90. The Morgan fingerprint density at radius 2 is 1.48 bits per heavy atom. The number of fused-ring (bicyclic) bond motifs is 2. The minimum atomic E-state index is -1.00.